The van der Waals surface area contributed by atoms with Crippen molar-refractivity contribution in [1.29, 1.82) is 0 Å². The van der Waals surface area contributed by atoms with E-state index in [4.69, 9.17) is 4.42 Å². The van der Waals surface area contributed by atoms with Crippen LogP contribution in [-0.2, 0) is 0 Å². The molecule has 0 aliphatic heterocycles. The second kappa shape index (κ2) is 5.68. The summed E-state index contributed by atoms with van der Waals surface area (Å²) in [5.74, 6) is 0. The van der Waals surface area contributed by atoms with Crippen LogP contribution in [-0.4, -0.2) is 4.40 Å². The van der Waals surface area contributed by atoms with Crippen LogP contribution in [0.2, 0.25) is 0 Å². The Hall–Kier alpha value is -4.30. The van der Waals surface area contributed by atoms with Crippen molar-refractivity contribution in [1.82, 2.24) is 4.40 Å². The summed E-state index contributed by atoms with van der Waals surface area (Å²) in [5, 5.41) is 11.2. The molecule has 3 aromatic heterocycles. The molecule has 0 radical (unpaired) electrons. The Morgan fingerprint density at radius 3 is 2.16 bits per heavy atom. The maximum Gasteiger partial charge on any atom is 0.137 e. The van der Waals surface area contributed by atoms with Crippen molar-refractivity contribution in [2.75, 3.05) is 0 Å². The molecule has 32 heavy (non-hydrogen) atoms. The van der Waals surface area contributed by atoms with Crippen molar-refractivity contribution in [2.24, 2.45) is 0 Å². The number of pyridine rings is 1. The summed E-state index contributed by atoms with van der Waals surface area (Å²) in [7, 11) is 0. The molecule has 0 saturated carbocycles. The van der Waals surface area contributed by atoms with Gasteiger partial charge in [-0.2, -0.15) is 0 Å². The normalized spacial score (nSPS) is 12.4. The van der Waals surface area contributed by atoms with Crippen LogP contribution in [0.5, 0.6) is 0 Å². The Kier molecular flexibility index (Phi) is 2.91. The van der Waals surface area contributed by atoms with Crippen LogP contribution >= 0.6 is 0 Å². The lowest BCUT2D eigenvalue weighted by atomic mass is 9.97. The van der Waals surface area contributed by atoms with E-state index in [0.717, 1.165) is 16.6 Å². The molecule has 0 fully saturated rings. The summed E-state index contributed by atoms with van der Waals surface area (Å²) in [6.45, 7) is 0. The van der Waals surface area contributed by atoms with Gasteiger partial charge in [-0.1, -0.05) is 78.9 Å². The van der Waals surface area contributed by atoms with Gasteiger partial charge in [0, 0.05) is 44.6 Å². The van der Waals surface area contributed by atoms with E-state index in [-0.39, 0.29) is 0 Å². The molecule has 2 nitrogen and oxygen atoms in total. The van der Waals surface area contributed by atoms with Gasteiger partial charge in [0.15, 0.2) is 0 Å². The number of nitrogens with zero attached hydrogens (tertiary/aromatic N) is 1. The van der Waals surface area contributed by atoms with E-state index in [9.17, 15) is 0 Å². The number of para-hydroxylation sites is 1. The molecule has 0 unspecified atom stereocenters. The minimum Gasteiger partial charge on any atom is -0.456 e. The van der Waals surface area contributed by atoms with Gasteiger partial charge in [0.1, 0.15) is 11.2 Å². The average molecular weight is 407 g/mol. The molecule has 0 spiro atoms. The summed E-state index contributed by atoms with van der Waals surface area (Å²) in [6, 6.07) is 34.7. The largest absolute Gasteiger partial charge is 0.456 e. The van der Waals surface area contributed by atoms with Crippen LogP contribution in [0.15, 0.2) is 108 Å². The van der Waals surface area contributed by atoms with Gasteiger partial charge in [0.25, 0.3) is 0 Å². The molecule has 0 bridgehead atoms. The van der Waals surface area contributed by atoms with E-state index < -0.39 is 0 Å². The standard InChI is InChI=1S/C30H17NO/c1-3-9-20-18(7-1)13-14-23-24-15-25-22-11-5-6-12-27(22)32-28(25)16-26(24)31-17-19-8-2-4-10-21(19)30(31)29(20)23/h1-17H. The van der Waals surface area contributed by atoms with Crippen molar-refractivity contribution >= 4 is 70.7 Å². The summed E-state index contributed by atoms with van der Waals surface area (Å²) in [6.07, 6.45) is 2.27. The molecular weight excluding hydrogens is 390 g/mol. The van der Waals surface area contributed by atoms with Crippen molar-refractivity contribution in [3.8, 4) is 0 Å². The quantitative estimate of drug-likeness (QED) is 0.231. The Morgan fingerprint density at radius 1 is 0.500 bits per heavy atom. The zero-order chi connectivity index (χ0) is 20.8. The van der Waals surface area contributed by atoms with Crippen molar-refractivity contribution in [2.45, 2.75) is 0 Å². The lowest BCUT2D eigenvalue weighted by Crippen LogP contribution is -1.91. The molecule has 148 valence electrons. The summed E-state index contributed by atoms with van der Waals surface area (Å²) >= 11 is 0. The van der Waals surface area contributed by atoms with Gasteiger partial charge in [-0.05, 0) is 28.3 Å². The molecule has 0 aliphatic carbocycles. The Balaban J connectivity index is 1.74. The molecule has 5 aromatic carbocycles. The van der Waals surface area contributed by atoms with Gasteiger partial charge < -0.3 is 8.82 Å². The third kappa shape index (κ3) is 1.95. The highest BCUT2D eigenvalue weighted by Gasteiger charge is 2.17. The molecule has 0 saturated heterocycles. The lowest BCUT2D eigenvalue weighted by Gasteiger charge is -2.12. The van der Waals surface area contributed by atoms with E-state index in [0.29, 0.717) is 0 Å². The minimum atomic E-state index is 0.929. The molecule has 8 aromatic rings. The smallest absolute Gasteiger partial charge is 0.137 e. The van der Waals surface area contributed by atoms with Gasteiger partial charge in [-0.25, -0.2) is 0 Å². The number of aromatic nitrogens is 1. The molecule has 8 rings (SSSR count). The predicted molar refractivity (Wildman–Crippen MR) is 135 cm³/mol. The molecule has 0 amide bonds. The second-order valence-electron chi connectivity index (χ2n) is 8.61. The molecule has 0 aliphatic rings. The average Bonchev–Trinajstić information content (AvgIpc) is 3.41. The maximum absolute atomic E-state index is 6.25. The Labute approximate surface area is 182 Å². The van der Waals surface area contributed by atoms with Crippen LogP contribution in [0.4, 0.5) is 0 Å². The third-order valence-electron chi connectivity index (χ3n) is 6.94. The first-order valence-corrected chi connectivity index (χ1v) is 10.9. The van der Waals surface area contributed by atoms with Gasteiger partial charge in [0.2, 0.25) is 0 Å². The van der Waals surface area contributed by atoms with E-state index in [1.807, 2.05) is 12.1 Å². The van der Waals surface area contributed by atoms with Gasteiger partial charge >= 0.3 is 0 Å². The van der Waals surface area contributed by atoms with Crippen LogP contribution in [0, 0.1) is 0 Å². The van der Waals surface area contributed by atoms with Crippen molar-refractivity contribution in [3.63, 3.8) is 0 Å². The number of benzene rings is 5. The highest BCUT2D eigenvalue weighted by atomic mass is 16.3. The fraction of sp³-hybridized carbons (Fsp3) is 0. The number of furan rings is 1. The minimum absolute atomic E-state index is 0.929. The number of hydrogen-bond donors (Lipinski definition) is 0. The van der Waals surface area contributed by atoms with Gasteiger partial charge in [-0.3, -0.25) is 0 Å². The predicted octanol–water partition coefficient (Wildman–Crippen LogP) is 8.45. The lowest BCUT2D eigenvalue weighted by molar-refractivity contribution is 0.669. The van der Waals surface area contributed by atoms with Crippen molar-refractivity contribution < 1.29 is 4.42 Å². The zero-order valence-electron chi connectivity index (χ0n) is 17.2. The first kappa shape index (κ1) is 16.4. The number of rotatable bonds is 0. The van der Waals surface area contributed by atoms with Crippen LogP contribution in [0.3, 0.4) is 0 Å². The van der Waals surface area contributed by atoms with Gasteiger partial charge in [-0.15, -0.1) is 0 Å². The first-order valence-electron chi connectivity index (χ1n) is 10.9. The number of hydrogen-bond acceptors (Lipinski definition) is 1. The van der Waals surface area contributed by atoms with E-state index in [1.54, 1.807) is 0 Å². The van der Waals surface area contributed by atoms with E-state index in [2.05, 4.69) is 95.5 Å². The maximum atomic E-state index is 6.25. The fourth-order valence-corrected chi connectivity index (χ4v) is 5.53. The third-order valence-corrected chi connectivity index (χ3v) is 6.94. The Morgan fingerprint density at radius 2 is 1.25 bits per heavy atom. The summed E-state index contributed by atoms with van der Waals surface area (Å²) < 4.78 is 8.61. The Bertz CT molecular complexity index is 2040. The molecule has 2 heteroatoms. The van der Waals surface area contributed by atoms with Crippen LogP contribution in [0.25, 0.3) is 70.7 Å². The second-order valence-corrected chi connectivity index (χ2v) is 8.61. The molecule has 0 N–H and O–H groups in total. The van der Waals surface area contributed by atoms with Crippen LogP contribution < -0.4 is 0 Å². The first-order chi connectivity index (χ1) is 15.9. The van der Waals surface area contributed by atoms with Crippen LogP contribution in [0.1, 0.15) is 0 Å². The molecule has 0 atom stereocenters. The summed E-state index contributed by atoms with van der Waals surface area (Å²) in [4.78, 5) is 0. The van der Waals surface area contributed by atoms with Gasteiger partial charge in [0.05, 0.1) is 11.0 Å². The fourth-order valence-electron chi connectivity index (χ4n) is 5.53. The highest BCUT2D eigenvalue weighted by Crippen LogP contribution is 2.41. The topological polar surface area (TPSA) is 17.6 Å². The monoisotopic (exact) mass is 407 g/mol. The SMILES string of the molecule is c1ccc2c(c1)ccc1c3cc4c(cc3n3cc5ccccc5c3c21)oc1ccccc14. The zero-order valence-corrected chi connectivity index (χ0v) is 17.2. The molecular formula is C30H17NO. The van der Waals surface area contributed by atoms with E-state index in [1.165, 1.54) is 54.1 Å². The number of fused-ring (bicyclic) bond motifs is 13. The summed E-state index contributed by atoms with van der Waals surface area (Å²) in [5.41, 5.74) is 4.29. The molecule has 3 heterocycles. The van der Waals surface area contributed by atoms with Crippen molar-refractivity contribution in [3.05, 3.63) is 103 Å². The van der Waals surface area contributed by atoms with E-state index >= 15 is 0 Å². The highest BCUT2D eigenvalue weighted by molar-refractivity contribution is 6.28.